The van der Waals surface area contributed by atoms with Crippen molar-refractivity contribution >= 4 is 28.9 Å². The summed E-state index contributed by atoms with van der Waals surface area (Å²) in [5.74, 6) is 0.450. The summed E-state index contributed by atoms with van der Waals surface area (Å²) in [5, 5.41) is 5.64. The predicted molar refractivity (Wildman–Crippen MR) is 80.6 cm³/mol. The smallest absolute Gasteiger partial charge is 0.188 e. The molecule has 0 spiro atoms. The van der Waals surface area contributed by atoms with Crippen LogP contribution in [-0.4, -0.2) is 17.5 Å². The molecule has 0 fully saturated rings. The molecule has 100 valence electrons. The van der Waals surface area contributed by atoms with Crippen molar-refractivity contribution in [2.24, 2.45) is 10.7 Å². The van der Waals surface area contributed by atoms with Gasteiger partial charge in [0.25, 0.3) is 0 Å². The molecule has 3 N–H and O–H groups in total. The van der Waals surface area contributed by atoms with Crippen LogP contribution in [0.25, 0.3) is 0 Å². The number of hydrogen-bond donors (Lipinski definition) is 2. The first-order valence-corrected chi connectivity index (χ1v) is 7.16. The fourth-order valence-corrected chi connectivity index (χ4v) is 2.32. The molecule has 2 rings (SSSR count). The molecule has 0 radical (unpaired) electrons. The van der Waals surface area contributed by atoms with Gasteiger partial charge in [-0.15, -0.1) is 11.3 Å². The third-order valence-corrected chi connectivity index (χ3v) is 3.64. The van der Waals surface area contributed by atoms with Crippen LogP contribution >= 0.6 is 22.9 Å². The van der Waals surface area contributed by atoms with Gasteiger partial charge in [-0.3, -0.25) is 0 Å². The monoisotopic (exact) mass is 294 g/mol. The Labute approximate surface area is 121 Å². The summed E-state index contributed by atoms with van der Waals surface area (Å²) in [4.78, 5) is 9.57. The zero-order chi connectivity index (χ0) is 13.5. The number of rotatable bonds is 5. The quantitative estimate of drug-likeness (QED) is 0.506. The maximum atomic E-state index is 5.79. The van der Waals surface area contributed by atoms with Crippen molar-refractivity contribution in [2.45, 2.75) is 13.0 Å². The van der Waals surface area contributed by atoms with Crippen molar-refractivity contribution in [2.75, 3.05) is 6.54 Å². The number of nitrogens with zero attached hydrogens (tertiary/aromatic N) is 2. The molecule has 0 aliphatic rings. The summed E-state index contributed by atoms with van der Waals surface area (Å²) in [7, 11) is 0. The van der Waals surface area contributed by atoms with Crippen LogP contribution in [-0.2, 0) is 13.0 Å². The van der Waals surface area contributed by atoms with E-state index in [-0.39, 0.29) is 0 Å². The van der Waals surface area contributed by atoms with Gasteiger partial charge in [-0.25, -0.2) is 9.98 Å². The van der Waals surface area contributed by atoms with Gasteiger partial charge in [-0.05, 0) is 29.5 Å². The lowest BCUT2D eigenvalue weighted by Crippen LogP contribution is -2.33. The topological polar surface area (TPSA) is 63.3 Å². The molecule has 0 atom stereocenters. The summed E-state index contributed by atoms with van der Waals surface area (Å²) in [6, 6.07) is 7.79. The number of halogens is 1. The van der Waals surface area contributed by atoms with Gasteiger partial charge in [0.15, 0.2) is 5.96 Å². The fourth-order valence-electron chi connectivity index (χ4n) is 1.50. The second kappa shape index (κ2) is 7.11. The minimum Gasteiger partial charge on any atom is -0.370 e. The van der Waals surface area contributed by atoms with E-state index in [0.29, 0.717) is 17.7 Å². The van der Waals surface area contributed by atoms with E-state index in [1.165, 1.54) is 4.88 Å². The summed E-state index contributed by atoms with van der Waals surface area (Å²) in [6.07, 6.45) is 2.65. The van der Waals surface area contributed by atoms with Crippen LogP contribution in [0.15, 0.2) is 40.8 Å². The Bertz CT molecular complexity index is 522. The van der Waals surface area contributed by atoms with E-state index in [9.17, 15) is 0 Å². The molecule has 0 aromatic carbocycles. The largest absolute Gasteiger partial charge is 0.370 e. The number of hydrogen-bond acceptors (Lipinski definition) is 3. The van der Waals surface area contributed by atoms with Gasteiger partial charge in [0.2, 0.25) is 0 Å². The standard InChI is InChI=1S/C13H15ClN4S/c14-12-4-3-10(8-17-12)9-18-13(15)16-6-5-11-2-1-7-19-11/h1-4,7-8H,5-6,9H2,(H3,15,16,18). The molecule has 0 amide bonds. The third kappa shape index (κ3) is 4.89. The summed E-state index contributed by atoms with van der Waals surface area (Å²) >= 11 is 7.45. The van der Waals surface area contributed by atoms with E-state index in [0.717, 1.165) is 18.5 Å². The van der Waals surface area contributed by atoms with Crippen molar-refractivity contribution in [3.05, 3.63) is 51.4 Å². The summed E-state index contributed by atoms with van der Waals surface area (Å²) in [6.45, 7) is 1.29. The molecule has 0 aliphatic carbocycles. The van der Waals surface area contributed by atoms with Gasteiger partial charge in [0.05, 0.1) is 6.54 Å². The first kappa shape index (κ1) is 13.8. The summed E-state index contributed by atoms with van der Waals surface area (Å²) in [5.41, 5.74) is 6.77. The molecule has 19 heavy (non-hydrogen) atoms. The van der Waals surface area contributed by atoms with Crippen molar-refractivity contribution in [1.29, 1.82) is 0 Å². The average Bonchev–Trinajstić information content (AvgIpc) is 2.91. The highest BCUT2D eigenvalue weighted by Gasteiger charge is 1.96. The van der Waals surface area contributed by atoms with E-state index < -0.39 is 0 Å². The number of guanidine groups is 1. The maximum Gasteiger partial charge on any atom is 0.188 e. The number of pyridine rings is 1. The molecular weight excluding hydrogens is 280 g/mol. The number of aliphatic imine (C=N–C) groups is 1. The van der Waals surface area contributed by atoms with Crippen molar-refractivity contribution in [3.8, 4) is 0 Å². The van der Waals surface area contributed by atoms with Crippen LogP contribution in [0.5, 0.6) is 0 Å². The van der Waals surface area contributed by atoms with Crippen molar-refractivity contribution < 1.29 is 0 Å². The lowest BCUT2D eigenvalue weighted by Gasteiger charge is -2.04. The number of aromatic nitrogens is 1. The molecule has 2 heterocycles. The Morgan fingerprint density at radius 3 is 3.00 bits per heavy atom. The predicted octanol–water partition coefficient (Wildman–Crippen LogP) is 2.44. The van der Waals surface area contributed by atoms with E-state index in [1.54, 1.807) is 23.6 Å². The van der Waals surface area contributed by atoms with Crippen LogP contribution in [0.3, 0.4) is 0 Å². The number of thiophene rings is 1. The highest BCUT2D eigenvalue weighted by Crippen LogP contribution is 2.08. The first-order chi connectivity index (χ1) is 9.24. The van der Waals surface area contributed by atoms with Gasteiger partial charge < -0.3 is 11.1 Å². The van der Waals surface area contributed by atoms with Gasteiger partial charge >= 0.3 is 0 Å². The summed E-state index contributed by atoms with van der Waals surface area (Å²) < 4.78 is 0. The molecular formula is C13H15ClN4S. The fraction of sp³-hybridized carbons (Fsp3) is 0.231. The Balaban J connectivity index is 1.74. The molecule has 0 saturated heterocycles. The van der Waals surface area contributed by atoms with Crippen LogP contribution in [0.4, 0.5) is 0 Å². The highest BCUT2D eigenvalue weighted by molar-refractivity contribution is 7.09. The Morgan fingerprint density at radius 1 is 1.42 bits per heavy atom. The third-order valence-electron chi connectivity index (χ3n) is 2.48. The van der Waals surface area contributed by atoms with E-state index in [2.05, 4.69) is 26.7 Å². The van der Waals surface area contributed by atoms with Crippen LogP contribution in [0, 0.1) is 0 Å². The first-order valence-electron chi connectivity index (χ1n) is 5.90. The van der Waals surface area contributed by atoms with E-state index in [4.69, 9.17) is 17.3 Å². The molecule has 2 aromatic heterocycles. The molecule has 2 aromatic rings. The van der Waals surface area contributed by atoms with Crippen molar-refractivity contribution in [3.63, 3.8) is 0 Å². The van der Waals surface area contributed by atoms with E-state index >= 15 is 0 Å². The normalized spacial score (nSPS) is 11.5. The lowest BCUT2D eigenvalue weighted by atomic mass is 10.3. The van der Waals surface area contributed by atoms with Gasteiger partial charge in [0.1, 0.15) is 5.15 Å². The second-order valence-electron chi connectivity index (χ2n) is 3.95. The second-order valence-corrected chi connectivity index (χ2v) is 5.37. The Kier molecular flexibility index (Phi) is 5.18. The Hall–Kier alpha value is -1.59. The average molecular weight is 295 g/mol. The van der Waals surface area contributed by atoms with Gasteiger partial charge in [-0.2, -0.15) is 0 Å². The maximum absolute atomic E-state index is 5.79. The van der Waals surface area contributed by atoms with E-state index in [1.807, 2.05) is 12.1 Å². The number of nitrogens with two attached hydrogens (primary N) is 1. The van der Waals surface area contributed by atoms with Gasteiger partial charge in [0, 0.05) is 17.6 Å². The van der Waals surface area contributed by atoms with Gasteiger partial charge in [-0.1, -0.05) is 23.7 Å². The van der Waals surface area contributed by atoms with Crippen LogP contribution in [0.2, 0.25) is 5.15 Å². The molecule has 4 nitrogen and oxygen atoms in total. The SMILES string of the molecule is NC(=NCc1ccc(Cl)nc1)NCCc1cccs1. The lowest BCUT2D eigenvalue weighted by molar-refractivity contribution is 0.856. The number of nitrogens with one attached hydrogen (secondary N) is 1. The zero-order valence-corrected chi connectivity index (χ0v) is 11.9. The molecule has 0 bridgehead atoms. The zero-order valence-electron chi connectivity index (χ0n) is 10.3. The minimum absolute atomic E-state index is 0.450. The highest BCUT2D eigenvalue weighted by atomic mass is 35.5. The molecule has 0 aliphatic heterocycles. The van der Waals surface area contributed by atoms with Crippen LogP contribution < -0.4 is 11.1 Å². The van der Waals surface area contributed by atoms with Crippen LogP contribution in [0.1, 0.15) is 10.4 Å². The molecule has 0 unspecified atom stereocenters. The Morgan fingerprint density at radius 2 is 2.32 bits per heavy atom. The molecule has 0 saturated carbocycles. The molecule has 6 heteroatoms. The van der Waals surface area contributed by atoms with Crippen molar-refractivity contribution in [1.82, 2.24) is 10.3 Å². The minimum atomic E-state index is 0.450.